The lowest BCUT2D eigenvalue weighted by atomic mass is 10.1. The van der Waals surface area contributed by atoms with Gasteiger partial charge in [0, 0.05) is 6.08 Å². The topological polar surface area (TPSA) is 52.6 Å². The van der Waals surface area contributed by atoms with E-state index < -0.39 is 5.97 Å². The minimum atomic E-state index is -0.398. The monoisotopic (exact) mass is 248 g/mol. The van der Waals surface area contributed by atoms with Crippen LogP contribution in [0.1, 0.15) is 18.1 Å². The van der Waals surface area contributed by atoms with Crippen molar-refractivity contribution in [2.45, 2.75) is 13.3 Å². The van der Waals surface area contributed by atoms with E-state index in [9.17, 15) is 9.59 Å². The van der Waals surface area contributed by atoms with E-state index in [0.717, 1.165) is 11.1 Å². The minimum Gasteiger partial charge on any atom is -0.466 e. The number of carbonyl (C=O) groups excluding carboxylic acids is 2. The van der Waals surface area contributed by atoms with E-state index in [4.69, 9.17) is 4.74 Å². The summed E-state index contributed by atoms with van der Waals surface area (Å²) in [6.45, 7) is 2.16. The van der Waals surface area contributed by atoms with Crippen LogP contribution in [0.2, 0.25) is 0 Å². The van der Waals surface area contributed by atoms with Crippen molar-refractivity contribution >= 4 is 18.0 Å². The molecular formula is C14H16O4. The van der Waals surface area contributed by atoms with Crippen LogP contribution in [0, 0.1) is 0 Å². The fourth-order valence-electron chi connectivity index (χ4n) is 1.36. The molecule has 0 N–H and O–H groups in total. The van der Waals surface area contributed by atoms with Crippen molar-refractivity contribution in [2.75, 3.05) is 13.7 Å². The number of esters is 2. The highest BCUT2D eigenvalue weighted by atomic mass is 16.5. The van der Waals surface area contributed by atoms with E-state index in [0.29, 0.717) is 6.61 Å². The molecule has 0 saturated carbocycles. The summed E-state index contributed by atoms with van der Waals surface area (Å²) < 4.78 is 9.34. The number of carbonyl (C=O) groups is 2. The first kappa shape index (κ1) is 14.0. The van der Waals surface area contributed by atoms with Gasteiger partial charge in [0.1, 0.15) is 0 Å². The molecule has 1 aromatic carbocycles. The maximum absolute atomic E-state index is 11.3. The normalized spacial score (nSPS) is 10.3. The van der Waals surface area contributed by atoms with Crippen molar-refractivity contribution < 1.29 is 19.1 Å². The van der Waals surface area contributed by atoms with Gasteiger partial charge in [0.05, 0.1) is 20.1 Å². The average molecular weight is 248 g/mol. The summed E-state index contributed by atoms with van der Waals surface area (Å²) in [5.41, 5.74) is 1.75. The first-order chi connectivity index (χ1) is 8.65. The first-order valence-corrected chi connectivity index (χ1v) is 5.66. The Morgan fingerprint density at radius 1 is 1.22 bits per heavy atom. The van der Waals surface area contributed by atoms with Gasteiger partial charge >= 0.3 is 11.9 Å². The molecule has 0 heterocycles. The van der Waals surface area contributed by atoms with E-state index in [1.54, 1.807) is 13.0 Å². The minimum absolute atomic E-state index is 0.240. The molecule has 1 aromatic rings. The molecule has 0 radical (unpaired) electrons. The molecule has 0 aliphatic heterocycles. The lowest BCUT2D eigenvalue weighted by molar-refractivity contribution is -0.142. The first-order valence-electron chi connectivity index (χ1n) is 5.66. The van der Waals surface area contributed by atoms with Gasteiger partial charge in [0.2, 0.25) is 0 Å². The van der Waals surface area contributed by atoms with Gasteiger partial charge in [-0.1, -0.05) is 24.3 Å². The predicted octanol–water partition coefficient (Wildman–Crippen LogP) is 1.98. The zero-order chi connectivity index (χ0) is 13.4. The van der Waals surface area contributed by atoms with Crippen molar-refractivity contribution in [2.24, 2.45) is 0 Å². The van der Waals surface area contributed by atoms with Gasteiger partial charge in [-0.05, 0) is 24.1 Å². The summed E-state index contributed by atoms with van der Waals surface area (Å²) in [5, 5.41) is 0. The molecule has 0 saturated heterocycles. The van der Waals surface area contributed by atoms with Crippen molar-refractivity contribution in [1.29, 1.82) is 0 Å². The van der Waals surface area contributed by atoms with Crippen molar-refractivity contribution in [1.82, 2.24) is 0 Å². The van der Waals surface area contributed by atoms with Crippen LogP contribution in [0.25, 0.3) is 6.08 Å². The van der Waals surface area contributed by atoms with Gasteiger partial charge in [0.15, 0.2) is 0 Å². The average Bonchev–Trinajstić information content (AvgIpc) is 2.37. The maximum atomic E-state index is 11.3. The lowest BCUT2D eigenvalue weighted by Crippen LogP contribution is -2.07. The van der Waals surface area contributed by atoms with Crippen LogP contribution in [0.15, 0.2) is 30.3 Å². The number of rotatable bonds is 5. The summed E-state index contributed by atoms with van der Waals surface area (Å²) in [6.07, 6.45) is 3.26. The largest absolute Gasteiger partial charge is 0.466 e. The van der Waals surface area contributed by atoms with Crippen LogP contribution in [0.5, 0.6) is 0 Å². The predicted molar refractivity (Wildman–Crippen MR) is 67.8 cm³/mol. The molecule has 0 spiro atoms. The third-order valence-corrected chi connectivity index (χ3v) is 2.25. The molecular weight excluding hydrogens is 232 g/mol. The highest BCUT2D eigenvalue weighted by Crippen LogP contribution is 2.07. The lowest BCUT2D eigenvalue weighted by Gasteiger charge is -2.02. The van der Waals surface area contributed by atoms with Crippen molar-refractivity contribution in [3.63, 3.8) is 0 Å². The maximum Gasteiger partial charge on any atom is 0.330 e. The van der Waals surface area contributed by atoms with E-state index in [1.165, 1.54) is 13.2 Å². The molecule has 0 aliphatic carbocycles. The summed E-state index contributed by atoms with van der Waals surface area (Å²) in [5.74, 6) is -0.638. The highest BCUT2D eigenvalue weighted by Gasteiger charge is 2.03. The number of hydrogen-bond acceptors (Lipinski definition) is 4. The Bertz CT molecular complexity index is 432. The quantitative estimate of drug-likeness (QED) is 0.590. The van der Waals surface area contributed by atoms with Gasteiger partial charge in [-0.3, -0.25) is 4.79 Å². The van der Waals surface area contributed by atoms with Gasteiger partial charge < -0.3 is 9.47 Å². The van der Waals surface area contributed by atoms with Crippen molar-refractivity contribution in [3.8, 4) is 0 Å². The molecule has 0 aromatic heterocycles. The van der Waals surface area contributed by atoms with Crippen LogP contribution >= 0.6 is 0 Å². The van der Waals surface area contributed by atoms with Crippen LogP contribution < -0.4 is 0 Å². The number of ether oxygens (including phenoxy) is 2. The Kier molecular flexibility index (Phi) is 5.64. The fourth-order valence-corrected chi connectivity index (χ4v) is 1.36. The zero-order valence-electron chi connectivity index (χ0n) is 10.5. The summed E-state index contributed by atoms with van der Waals surface area (Å²) in [4.78, 5) is 22.2. The van der Waals surface area contributed by atoms with E-state index in [1.807, 2.05) is 24.3 Å². The number of hydrogen-bond donors (Lipinski definition) is 0. The van der Waals surface area contributed by atoms with Crippen LogP contribution in [0.4, 0.5) is 0 Å². The van der Waals surface area contributed by atoms with Crippen LogP contribution in [0.3, 0.4) is 0 Å². The Balaban J connectivity index is 2.60. The second-order valence-electron chi connectivity index (χ2n) is 3.58. The molecule has 0 aliphatic rings. The van der Waals surface area contributed by atoms with Gasteiger partial charge in [0.25, 0.3) is 0 Å². The second kappa shape index (κ2) is 7.27. The van der Waals surface area contributed by atoms with E-state index in [-0.39, 0.29) is 12.4 Å². The standard InChI is InChI=1S/C14H16O4/c1-3-18-14(16)10-12-6-4-11(5-7-12)8-9-13(15)17-2/h4-9H,3,10H2,1-2H3. The fraction of sp³-hybridized carbons (Fsp3) is 0.286. The van der Waals surface area contributed by atoms with Crippen molar-refractivity contribution in [3.05, 3.63) is 41.5 Å². The molecule has 4 heteroatoms. The summed E-state index contributed by atoms with van der Waals surface area (Å²) in [7, 11) is 1.33. The third-order valence-electron chi connectivity index (χ3n) is 2.25. The Morgan fingerprint density at radius 2 is 1.89 bits per heavy atom. The Hall–Kier alpha value is -2.10. The van der Waals surface area contributed by atoms with E-state index >= 15 is 0 Å². The third kappa shape index (κ3) is 4.82. The van der Waals surface area contributed by atoms with Gasteiger partial charge in [-0.15, -0.1) is 0 Å². The summed E-state index contributed by atoms with van der Waals surface area (Å²) in [6, 6.07) is 7.31. The molecule has 0 unspecified atom stereocenters. The zero-order valence-corrected chi connectivity index (χ0v) is 10.5. The molecule has 1 rings (SSSR count). The molecule has 0 bridgehead atoms. The molecule has 4 nitrogen and oxygen atoms in total. The highest BCUT2D eigenvalue weighted by molar-refractivity contribution is 5.86. The molecule has 0 amide bonds. The molecule has 96 valence electrons. The number of benzene rings is 1. The SMILES string of the molecule is CCOC(=O)Cc1ccc(C=CC(=O)OC)cc1. The molecule has 0 atom stereocenters. The van der Waals surface area contributed by atoms with E-state index in [2.05, 4.69) is 4.74 Å². The van der Waals surface area contributed by atoms with Gasteiger partial charge in [-0.2, -0.15) is 0 Å². The molecule has 18 heavy (non-hydrogen) atoms. The smallest absolute Gasteiger partial charge is 0.330 e. The number of methoxy groups -OCH3 is 1. The van der Waals surface area contributed by atoms with Gasteiger partial charge in [-0.25, -0.2) is 4.79 Å². The van der Waals surface area contributed by atoms with Crippen LogP contribution in [-0.2, 0) is 25.5 Å². The summed E-state index contributed by atoms with van der Waals surface area (Å²) >= 11 is 0. The van der Waals surface area contributed by atoms with Crippen LogP contribution in [-0.4, -0.2) is 25.7 Å². The Morgan fingerprint density at radius 3 is 2.44 bits per heavy atom. The second-order valence-corrected chi connectivity index (χ2v) is 3.58. The molecule has 0 fully saturated rings. The Labute approximate surface area is 106 Å².